The third kappa shape index (κ3) is 3.42. The van der Waals surface area contributed by atoms with Gasteiger partial charge in [0.2, 0.25) is 0 Å². The number of halogens is 3. The Balaban J connectivity index is 1.69. The molecule has 0 unspecified atom stereocenters. The van der Waals surface area contributed by atoms with Gasteiger partial charge < -0.3 is 0 Å². The molecule has 2 heterocycles. The van der Waals surface area contributed by atoms with E-state index in [1.807, 2.05) is 24.3 Å². The van der Waals surface area contributed by atoms with Crippen LogP contribution < -0.4 is 0 Å². The van der Waals surface area contributed by atoms with E-state index < -0.39 is 11.7 Å². The van der Waals surface area contributed by atoms with E-state index in [2.05, 4.69) is 41.2 Å². The summed E-state index contributed by atoms with van der Waals surface area (Å²) in [7, 11) is 0. The van der Waals surface area contributed by atoms with Crippen LogP contribution in [0.25, 0.3) is 44.1 Å². The van der Waals surface area contributed by atoms with Crippen LogP contribution in [0.3, 0.4) is 0 Å². The first-order valence-electron chi connectivity index (χ1n) is 9.83. The van der Waals surface area contributed by atoms with Gasteiger partial charge >= 0.3 is 6.18 Å². The highest BCUT2D eigenvalue weighted by molar-refractivity contribution is 6.11. The predicted octanol–water partition coefficient (Wildman–Crippen LogP) is 7.44. The van der Waals surface area contributed by atoms with Gasteiger partial charge in [-0.1, -0.05) is 54.1 Å². The first-order chi connectivity index (χ1) is 14.9. The molecule has 0 aliphatic rings. The standard InChI is InChI=1S/C26H17F3N2/c1-16-2-4-17(5-3-16)20-12-14-30-24-22(20)10-11-23-21(13-15-31-25(23)24)18-6-8-19(9-7-18)26(27,28)29/h2-15H,1H3. The molecule has 0 saturated carbocycles. The Kier molecular flexibility index (Phi) is 4.47. The molecule has 0 radical (unpaired) electrons. The van der Waals surface area contributed by atoms with E-state index in [1.54, 1.807) is 12.4 Å². The van der Waals surface area contributed by atoms with E-state index in [0.29, 0.717) is 5.56 Å². The molecule has 152 valence electrons. The molecule has 0 aliphatic carbocycles. The van der Waals surface area contributed by atoms with E-state index in [4.69, 9.17) is 0 Å². The monoisotopic (exact) mass is 414 g/mol. The third-order valence-electron chi connectivity index (χ3n) is 5.51. The van der Waals surface area contributed by atoms with Crippen molar-refractivity contribution in [3.63, 3.8) is 0 Å². The van der Waals surface area contributed by atoms with Crippen LogP contribution in [0.1, 0.15) is 11.1 Å². The van der Waals surface area contributed by atoms with Crippen molar-refractivity contribution in [2.24, 2.45) is 0 Å². The molecule has 5 heteroatoms. The number of hydrogen-bond donors (Lipinski definition) is 0. The zero-order valence-corrected chi connectivity index (χ0v) is 16.6. The molecule has 3 aromatic carbocycles. The number of aryl methyl sites for hydroxylation is 1. The van der Waals surface area contributed by atoms with Gasteiger partial charge in [0.15, 0.2) is 0 Å². The minimum absolute atomic E-state index is 0.663. The van der Waals surface area contributed by atoms with Crippen molar-refractivity contribution in [2.45, 2.75) is 13.1 Å². The molecule has 2 nitrogen and oxygen atoms in total. The zero-order valence-electron chi connectivity index (χ0n) is 16.6. The Morgan fingerprint density at radius 1 is 0.581 bits per heavy atom. The van der Waals surface area contributed by atoms with Gasteiger partial charge in [-0.05, 0) is 53.4 Å². The molecule has 0 saturated heterocycles. The first kappa shape index (κ1) is 19.2. The van der Waals surface area contributed by atoms with Crippen LogP contribution in [0.2, 0.25) is 0 Å². The molecule has 0 aliphatic heterocycles. The van der Waals surface area contributed by atoms with Gasteiger partial charge in [-0.25, -0.2) is 0 Å². The van der Waals surface area contributed by atoms with Gasteiger partial charge in [-0.2, -0.15) is 13.2 Å². The van der Waals surface area contributed by atoms with Gasteiger partial charge in [0, 0.05) is 23.2 Å². The topological polar surface area (TPSA) is 25.8 Å². The Morgan fingerprint density at radius 3 is 1.48 bits per heavy atom. The van der Waals surface area contributed by atoms with Crippen molar-refractivity contribution in [2.75, 3.05) is 0 Å². The lowest BCUT2D eigenvalue weighted by Crippen LogP contribution is -2.04. The molecule has 0 bridgehead atoms. The van der Waals surface area contributed by atoms with Crippen molar-refractivity contribution in [3.8, 4) is 22.3 Å². The summed E-state index contributed by atoms with van der Waals surface area (Å²) in [6.07, 6.45) is -0.913. The van der Waals surface area contributed by atoms with E-state index in [1.165, 1.54) is 17.7 Å². The Bertz CT molecular complexity index is 1400. The van der Waals surface area contributed by atoms with E-state index in [0.717, 1.165) is 50.6 Å². The first-order valence-corrected chi connectivity index (χ1v) is 9.83. The fourth-order valence-electron chi connectivity index (χ4n) is 3.90. The second-order valence-corrected chi connectivity index (χ2v) is 7.52. The van der Waals surface area contributed by atoms with Crippen LogP contribution in [0.5, 0.6) is 0 Å². The molecular weight excluding hydrogens is 397 g/mol. The summed E-state index contributed by atoms with van der Waals surface area (Å²) in [6.45, 7) is 2.05. The minimum atomic E-state index is -4.36. The van der Waals surface area contributed by atoms with Gasteiger partial charge in [-0.3, -0.25) is 9.97 Å². The zero-order chi connectivity index (χ0) is 21.6. The van der Waals surface area contributed by atoms with Crippen LogP contribution in [-0.2, 0) is 6.18 Å². The summed E-state index contributed by atoms with van der Waals surface area (Å²) >= 11 is 0. The second-order valence-electron chi connectivity index (χ2n) is 7.52. The lowest BCUT2D eigenvalue weighted by molar-refractivity contribution is -0.137. The highest BCUT2D eigenvalue weighted by Gasteiger charge is 2.30. The Hall–Kier alpha value is -3.73. The highest BCUT2D eigenvalue weighted by Crippen LogP contribution is 2.36. The van der Waals surface area contributed by atoms with Gasteiger partial charge in [0.25, 0.3) is 0 Å². The van der Waals surface area contributed by atoms with E-state index in [-0.39, 0.29) is 0 Å². The van der Waals surface area contributed by atoms with Crippen LogP contribution in [0, 0.1) is 6.92 Å². The molecule has 5 aromatic rings. The quantitative estimate of drug-likeness (QED) is 0.281. The fraction of sp³-hybridized carbons (Fsp3) is 0.0769. The summed E-state index contributed by atoms with van der Waals surface area (Å²) < 4.78 is 38.8. The van der Waals surface area contributed by atoms with Crippen molar-refractivity contribution in [3.05, 3.63) is 96.3 Å². The number of nitrogens with zero attached hydrogens (tertiary/aromatic N) is 2. The smallest absolute Gasteiger partial charge is 0.254 e. The third-order valence-corrected chi connectivity index (χ3v) is 5.51. The molecule has 0 atom stereocenters. The molecule has 0 spiro atoms. The molecule has 0 fully saturated rings. The normalized spacial score (nSPS) is 11.9. The molecule has 2 aromatic heterocycles. The van der Waals surface area contributed by atoms with Crippen LogP contribution in [0.15, 0.2) is 85.2 Å². The maximum absolute atomic E-state index is 12.9. The van der Waals surface area contributed by atoms with Gasteiger partial charge in [0.05, 0.1) is 16.6 Å². The number of benzene rings is 3. The Labute approximate surface area is 177 Å². The van der Waals surface area contributed by atoms with Crippen LogP contribution >= 0.6 is 0 Å². The minimum Gasteiger partial charge on any atom is -0.254 e. The van der Waals surface area contributed by atoms with Crippen molar-refractivity contribution < 1.29 is 13.2 Å². The van der Waals surface area contributed by atoms with Crippen molar-refractivity contribution in [1.29, 1.82) is 0 Å². The Morgan fingerprint density at radius 2 is 1.03 bits per heavy atom. The van der Waals surface area contributed by atoms with Crippen molar-refractivity contribution in [1.82, 2.24) is 9.97 Å². The lowest BCUT2D eigenvalue weighted by Gasteiger charge is -2.12. The molecule has 5 rings (SSSR count). The largest absolute Gasteiger partial charge is 0.416 e. The molecule has 0 N–H and O–H groups in total. The van der Waals surface area contributed by atoms with E-state index in [9.17, 15) is 13.2 Å². The number of aromatic nitrogens is 2. The number of pyridine rings is 2. The van der Waals surface area contributed by atoms with Crippen LogP contribution in [0.4, 0.5) is 13.2 Å². The van der Waals surface area contributed by atoms with E-state index >= 15 is 0 Å². The maximum atomic E-state index is 12.9. The number of alkyl halides is 3. The molecular formula is C26H17F3N2. The molecule has 0 amide bonds. The summed E-state index contributed by atoms with van der Waals surface area (Å²) in [5.41, 5.74) is 5.70. The SMILES string of the molecule is Cc1ccc(-c2ccnc3c2ccc2c(-c4ccc(C(F)(F)F)cc4)ccnc23)cc1. The lowest BCUT2D eigenvalue weighted by atomic mass is 9.96. The number of hydrogen-bond acceptors (Lipinski definition) is 2. The summed E-state index contributed by atoms with van der Waals surface area (Å²) in [6, 6.07) is 21.3. The summed E-state index contributed by atoms with van der Waals surface area (Å²) in [4.78, 5) is 9.14. The number of fused-ring (bicyclic) bond motifs is 3. The van der Waals surface area contributed by atoms with Gasteiger partial charge in [-0.15, -0.1) is 0 Å². The van der Waals surface area contributed by atoms with Crippen LogP contribution in [-0.4, -0.2) is 9.97 Å². The second kappa shape index (κ2) is 7.20. The van der Waals surface area contributed by atoms with Crippen molar-refractivity contribution >= 4 is 21.8 Å². The predicted molar refractivity (Wildman–Crippen MR) is 118 cm³/mol. The maximum Gasteiger partial charge on any atom is 0.416 e. The average Bonchev–Trinajstić information content (AvgIpc) is 2.78. The van der Waals surface area contributed by atoms with Gasteiger partial charge in [0.1, 0.15) is 0 Å². The summed E-state index contributed by atoms with van der Waals surface area (Å²) in [5.74, 6) is 0. The fourth-order valence-corrected chi connectivity index (χ4v) is 3.90. The molecule has 31 heavy (non-hydrogen) atoms. The summed E-state index contributed by atoms with van der Waals surface area (Å²) in [5, 5.41) is 1.83. The highest BCUT2D eigenvalue weighted by atomic mass is 19.4. The number of rotatable bonds is 2. The average molecular weight is 414 g/mol.